The fraction of sp³-hybridized carbons (Fsp3) is 0.300. The maximum Gasteiger partial charge on any atom is 0.243 e. The Morgan fingerprint density at radius 3 is 2.57 bits per heavy atom. The molecule has 0 saturated carbocycles. The van der Waals surface area contributed by atoms with Crippen LogP contribution in [0.4, 0.5) is 5.69 Å². The quantitative estimate of drug-likeness (QED) is 0.381. The number of hydrogen-bond donors (Lipinski definition) is 3. The molecule has 0 saturated heterocycles. The van der Waals surface area contributed by atoms with E-state index in [1.807, 2.05) is 24.3 Å². The highest BCUT2D eigenvalue weighted by molar-refractivity contribution is 5.74. The number of nitrogens with one attached hydrogen (secondary N) is 1. The summed E-state index contributed by atoms with van der Waals surface area (Å²) in [6, 6.07) is 7.54. The molecule has 0 aliphatic carbocycles. The predicted molar refractivity (Wildman–Crippen MR) is 53.7 cm³/mol. The molecule has 4 N–H and O–H groups in total. The van der Waals surface area contributed by atoms with Crippen LogP contribution in [0.25, 0.3) is 0 Å². The molecule has 1 amide bonds. The number of aryl methyl sites for hydroxylation is 1. The van der Waals surface area contributed by atoms with Gasteiger partial charge in [0, 0.05) is 12.1 Å². The molecule has 1 rings (SSSR count). The van der Waals surface area contributed by atoms with Crippen LogP contribution >= 0.6 is 0 Å². The highest BCUT2D eigenvalue weighted by atomic mass is 16.5. The van der Waals surface area contributed by atoms with E-state index < -0.39 is 0 Å². The van der Waals surface area contributed by atoms with E-state index in [9.17, 15) is 4.79 Å². The topological polar surface area (TPSA) is 75.4 Å². The van der Waals surface area contributed by atoms with Crippen molar-refractivity contribution in [2.24, 2.45) is 0 Å². The van der Waals surface area contributed by atoms with Gasteiger partial charge in [-0.25, -0.2) is 5.48 Å². The van der Waals surface area contributed by atoms with Gasteiger partial charge >= 0.3 is 0 Å². The lowest BCUT2D eigenvalue weighted by molar-refractivity contribution is -0.129. The molecular formula is C10H14N2O2. The van der Waals surface area contributed by atoms with E-state index in [0.717, 1.165) is 24.1 Å². The summed E-state index contributed by atoms with van der Waals surface area (Å²) in [6.07, 6.45) is 1.87. The zero-order chi connectivity index (χ0) is 10.4. The number of hydrogen-bond acceptors (Lipinski definition) is 3. The number of rotatable bonds is 4. The smallest absolute Gasteiger partial charge is 0.243 e. The van der Waals surface area contributed by atoms with Crippen LogP contribution in [0.15, 0.2) is 24.3 Å². The van der Waals surface area contributed by atoms with Gasteiger partial charge in [0.1, 0.15) is 0 Å². The molecule has 0 atom stereocenters. The Hall–Kier alpha value is -1.55. The highest BCUT2D eigenvalue weighted by Crippen LogP contribution is 2.08. The first-order valence-electron chi connectivity index (χ1n) is 4.49. The molecule has 0 spiro atoms. The highest BCUT2D eigenvalue weighted by Gasteiger charge is 1.99. The number of carbonyl (C=O) groups excluding carboxylic acids is 1. The van der Waals surface area contributed by atoms with Gasteiger partial charge in [0.25, 0.3) is 0 Å². The monoisotopic (exact) mass is 194 g/mol. The fourth-order valence-corrected chi connectivity index (χ4v) is 1.19. The van der Waals surface area contributed by atoms with Gasteiger partial charge in [-0.1, -0.05) is 12.1 Å². The van der Waals surface area contributed by atoms with Crippen molar-refractivity contribution >= 4 is 11.6 Å². The molecule has 0 fully saturated rings. The summed E-state index contributed by atoms with van der Waals surface area (Å²) in [6.45, 7) is 0. The van der Waals surface area contributed by atoms with Crippen molar-refractivity contribution in [1.29, 1.82) is 0 Å². The third-order valence-corrected chi connectivity index (χ3v) is 1.97. The van der Waals surface area contributed by atoms with Crippen molar-refractivity contribution in [1.82, 2.24) is 5.48 Å². The molecule has 0 aliphatic rings. The predicted octanol–water partition coefficient (Wildman–Crippen LogP) is 1.10. The molecule has 0 aromatic heterocycles. The van der Waals surface area contributed by atoms with Crippen molar-refractivity contribution in [3.63, 3.8) is 0 Å². The Morgan fingerprint density at radius 1 is 1.36 bits per heavy atom. The van der Waals surface area contributed by atoms with Gasteiger partial charge in [-0.05, 0) is 30.5 Å². The molecule has 14 heavy (non-hydrogen) atoms. The van der Waals surface area contributed by atoms with E-state index in [-0.39, 0.29) is 5.91 Å². The lowest BCUT2D eigenvalue weighted by Crippen LogP contribution is -2.18. The second kappa shape index (κ2) is 5.24. The molecule has 0 aliphatic heterocycles. The maximum absolute atomic E-state index is 10.7. The van der Waals surface area contributed by atoms with Gasteiger partial charge < -0.3 is 5.73 Å². The van der Waals surface area contributed by atoms with Gasteiger partial charge in [0.2, 0.25) is 5.91 Å². The molecule has 76 valence electrons. The van der Waals surface area contributed by atoms with Gasteiger partial charge in [0.05, 0.1) is 0 Å². The Balaban J connectivity index is 2.31. The Kier molecular flexibility index (Phi) is 3.94. The second-order valence-corrected chi connectivity index (χ2v) is 3.13. The van der Waals surface area contributed by atoms with Crippen LogP contribution in [0.2, 0.25) is 0 Å². The summed E-state index contributed by atoms with van der Waals surface area (Å²) in [5.41, 5.74) is 9.01. The minimum Gasteiger partial charge on any atom is -0.399 e. The third kappa shape index (κ3) is 3.45. The van der Waals surface area contributed by atoms with Crippen LogP contribution < -0.4 is 11.2 Å². The van der Waals surface area contributed by atoms with Crippen molar-refractivity contribution in [2.75, 3.05) is 5.73 Å². The Bertz CT molecular complexity index is 295. The lowest BCUT2D eigenvalue weighted by Gasteiger charge is -2.01. The molecule has 0 bridgehead atoms. The van der Waals surface area contributed by atoms with E-state index in [2.05, 4.69) is 0 Å². The van der Waals surface area contributed by atoms with E-state index in [0.29, 0.717) is 6.42 Å². The summed E-state index contributed by atoms with van der Waals surface area (Å²) < 4.78 is 0. The van der Waals surface area contributed by atoms with Crippen LogP contribution in [0.3, 0.4) is 0 Å². The van der Waals surface area contributed by atoms with Crippen LogP contribution in [0.1, 0.15) is 18.4 Å². The van der Waals surface area contributed by atoms with Gasteiger partial charge in [-0.2, -0.15) is 0 Å². The van der Waals surface area contributed by atoms with Crippen LogP contribution in [-0.4, -0.2) is 11.1 Å². The average Bonchev–Trinajstić information content (AvgIpc) is 2.21. The molecular weight excluding hydrogens is 180 g/mol. The van der Waals surface area contributed by atoms with Crippen LogP contribution in [-0.2, 0) is 11.2 Å². The zero-order valence-electron chi connectivity index (χ0n) is 7.86. The van der Waals surface area contributed by atoms with Crippen LogP contribution in [0.5, 0.6) is 0 Å². The number of carbonyl (C=O) groups is 1. The Morgan fingerprint density at radius 2 is 2.00 bits per heavy atom. The van der Waals surface area contributed by atoms with Gasteiger partial charge in [-0.3, -0.25) is 10.0 Å². The first-order valence-corrected chi connectivity index (χ1v) is 4.49. The molecule has 4 heteroatoms. The SMILES string of the molecule is Nc1ccc(CCCC(=O)NO)cc1. The van der Waals surface area contributed by atoms with Crippen molar-refractivity contribution in [3.8, 4) is 0 Å². The maximum atomic E-state index is 10.7. The van der Waals surface area contributed by atoms with Crippen molar-refractivity contribution in [2.45, 2.75) is 19.3 Å². The zero-order valence-corrected chi connectivity index (χ0v) is 7.86. The van der Waals surface area contributed by atoms with E-state index in [4.69, 9.17) is 10.9 Å². The normalized spacial score (nSPS) is 9.79. The summed E-state index contributed by atoms with van der Waals surface area (Å²) in [5, 5.41) is 8.25. The molecule has 4 nitrogen and oxygen atoms in total. The summed E-state index contributed by atoms with van der Waals surface area (Å²) in [4.78, 5) is 10.7. The molecule has 1 aromatic rings. The average molecular weight is 194 g/mol. The fourth-order valence-electron chi connectivity index (χ4n) is 1.19. The molecule has 1 aromatic carbocycles. The first-order chi connectivity index (χ1) is 6.72. The summed E-state index contributed by atoms with van der Waals surface area (Å²) >= 11 is 0. The Labute approximate surface area is 82.7 Å². The van der Waals surface area contributed by atoms with Gasteiger partial charge in [-0.15, -0.1) is 0 Å². The van der Waals surface area contributed by atoms with Crippen molar-refractivity contribution in [3.05, 3.63) is 29.8 Å². The molecule has 0 radical (unpaired) electrons. The lowest BCUT2D eigenvalue weighted by atomic mass is 10.1. The number of benzene rings is 1. The standard InChI is InChI=1S/C10H14N2O2/c11-9-6-4-8(5-7-9)2-1-3-10(13)12-14/h4-7,14H,1-3,11H2,(H,12,13). The second-order valence-electron chi connectivity index (χ2n) is 3.13. The van der Waals surface area contributed by atoms with E-state index >= 15 is 0 Å². The number of nitrogens with two attached hydrogens (primary N) is 1. The van der Waals surface area contributed by atoms with Gasteiger partial charge in [0.15, 0.2) is 0 Å². The minimum absolute atomic E-state index is 0.334. The van der Waals surface area contributed by atoms with E-state index in [1.165, 1.54) is 0 Å². The first kappa shape index (κ1) is 10.5. The summed E-state index contributed by atoms with van der Waals surface area (Å²) in [5.74, 6) is -0.347. The third-order valence-electron chi connectivity index (χ3n) is 1.97. The van der Waals surface area contributed by atoms with E-state index in [1.54, 1.807) is 5.48 Å². The minimum atomic E-state index is -0.347. The van der Waals surface area contributed by atoms with Crippen molar-refractivity contribution < 1.29 is 10.0 Å². The number of nitrogen functional groups attached to an aromatic ring is 1. The molecule has 0 heterocycles. The number of hydroxylamine groups is 1. The number of amides is 1. The largest absolute Gasteiger partial charge is 0.399 e. The summed E-state index contributed by atoms with van der Waals surface area (Å²) in [7, 11) is 0. The number of anilines is 1. The molecule has 0 unspecified atom stereocenters. The van der Waals surface area contributed by atoms with Crippen LogP contribution in [0, 0.1) is 0 Å².